The first-order valence-electron chi connectivity index (χ1n) is 6.30. The van der Waals surface area contributed by atoms with Crippen molar-refractivity contribution in [1.29, 1.82) is 0 Å². The fourth-order valence-corrected chi connectivity index (χ4v) is 2.86. The molecule has 0 aromatic carbocycles. The van der Waals surface area contributed by atoms with Gasteiger partial charge in [0.15, 0.2) is 0 Å². The van der Waals surface area contributed by atoms with Crippen molar-refractivity contribution in [1.82, 2.24) is 9.97 Å². The summed E-state index contributed by atoms with van der Waals surface area (Å²) in [6.07, 6.45) is 2.47. The summed E-state index contributed by atoms with van der Waals surface area (Å²) in [7, 11) is 0. The van der Waals surface area contributed by atoms with Crippen molar-refractivity contribution in [2.75, 3.05) is 17.2 Å². The number of nitrogens with one attached hydrogen (secondary N) is 2. The lowest BCUT2D eigenvalue weighted by Gasteiger charge is -2.13. The standard InChI is InChI=1S/C13H17ClN4S/c1-3-10-12(15-4-2)17-8-18-13(10)16-7-9-5-6-11(14)19-9/h5-6,8H,3-4,7H2,1-2H3,(H2,15,16,17,18). The van der Waals surface area contributed by atoms with Gasteiger partial charge in [-0.25, -0.2) is 9.97 Å². The van der Waals surface area contributed by atoms with E-state index in [2.05, 4.69) is 34.4 Å². The van der Waals surface area contributed by atoms with Gasteiger partial charge in [0.25, 0.3) is 0 Å². The third kappa shape index (κ3) is 3.58. The van der Waals surface area contributed by atoms with Crippen LogP contribution in [0.2, 0.25) is 4.34 Å². The molecule has 0 aliphatic carbocycles. The Hall–Kier alpha value is -1.33. The third-order valence-corrected chi connectivity index (χ3v) is 3.93. The zero-order chi connectivity index (χ0) is 13.7. The second-order valence-corrected chi connectivity index (χ2v) is 5.79. The molecule has 0 aliphatic heterocycles. The summed E-state index contributed by atoms with van der Waals surface area (Å²) in [6.45, 7) is 5.74. The monoisotopic (exact) mass is 296 g/mol. The average molecular weight is 297 g/mol. The Morgan fingerprint density at radius 1 is 1.16 bits per heavy atom. The smallest absolute Gasteiger partial charge is 0.135 e. The number of thiophene rings is 1. The van der Waals surface area contributed by atoms with E-state index in [0.29, 0.717) is 0 Å². The lowest BCUT2D eigenvalue weighted by atomic mass is 10.2. The van der Waals surface area contributed by atoms with E-state index in [-0.39, 0.29) is 0 Å². The van der Waals surface area contributed by atoms with Crippen LogP contribution in [-0.4, -0.2) is 16.5 Å². The van der Waals surface area contributed by atoms with E-state index in [9.17, 15) is 0 Å². The minimum atomic E-state index is 0.729. The van der Waals surface area contributed by atoms with Gasteiger partial charge in [0.2, 0.25) is 0 Å². The molecular formula is C13H17ClN4S. The molecule has 0 saturated carbocycles. The highest BCUT2D eigenvalue weighted by atomic mass is 35.5. The van der Waals surface area contributed by atoms with Crippen LogP contribution in [0.3, 0.4) is 0 Å². The summed E-state index contributed by atoms with van der Waals surface area (Å²) < 4.78 is 0.809. The van der Waals surface area contributed by atoms with Crippen LogP contribution in [0, 0.1) is 0 Å². The number of hydrogen-bond donors (Lipinski definition) is 2. The second-order valence-electron chi connectivity index (χ2n) is 3.99. The van der Waals surface area contributed by atoms with Crippen LogP contribution in [0.25, 0.3) is 0 Å². The van der Waals surface area contributed by atoms with Gasteiger partial charge in [0.05, 0.1) is 10.9 Å². The molecule has 0 amide bonds. The Bertz CT molecular complexity index is 541. The molecule has 19 heavy (non-hydrogen) atoms. The van der Waals surface area contributed by atoms with Crippen molar-refractivity contribution in [3.63, 3.8) is 0 Å². The van der Waals surface area contributed by atoms with Crippen molar-refractivity contribution in [3.05, 3.63) is 33.2 Å². The first-order valence-corrected chi connectivity index (χ1v) is 7.49. The molecule has 0 bridgehead atoms. The molecule has 0 atom stereocenters. The van der Waals surface area contributed by atoms with Crippen LogP contribution in [-0.2, 0) is 13.0 Å². The molecule has 0 spiro atoms. The fraction of sp³-hybridized carbons (Fsp3) is 0.385. The first-order chi connectivity index (χ1) is 9.24. The summed E-state index contributed by atoms with van der Waals surface area (Å²) in [5.41, 5.74) is 1.12. The minimum Gasteiger partial charge on any atom is -0.370 e. The number of anilines is 2. The van der Waals surface area contributed by atoms with Gasteiger partial charge in [-0.2, -0.15) is 0 Å². The van der Waals surface area contributed by atoms with Gasteiger partial charge >= 0.3 is 0 Å². The third-order valence-electron chi connectivity index (χ3n) is 2.70. The quantitative estimate of drug-likeness (QED) is 0.851. The summed E-state index contributed by atoms with van der Waals surface area (Å²) in [5, 5.41) is 6.61. The van der Waals surface area contributed by atoms with Crippen LogP contribution in [0.4, 0.5) is 11.6 Å². The maximum absolute atomic E-state index is 5.92. The summed E-state index contributed by atoms with van der Waals surface area (Å²) >= 11 is 7.50. The van der Waals surface area contributed by atoms with Gasteiger partial charge in [-0.15, -0.1) is 11.3 Å². The Labute approximate surface area is 122 Å². The largest absolute Gasteiger partial charge is 0.370 e. The molecule has 2 aromatic heterocycles. The van der Waals surface area contributed by atoms with E-state index in [0.717, 1.165) is 41.0 Å². The highest BCUT2D eigenvalue weighted by Crippen LogP contribution is 2.24. The summed E-state index contributed by atoms with van der Waals surface area (Å²) in [4.78, 5) is 9.79. The van der Waals surface area contributed by atoms with Crippen LogP contribution < -0.4 is 10.6 Å². The fourth-order valence-electron chi connectivity index (χ4n) is 1.84. The highest BCUT2D eigenvalue weighted by Gasteiger charge is 2.09. The van der Waals surface area contributed by atoms with Gasteiger partial charge in [0.1, 0.15) is 18.0 Å². The van der Waals surface area contributed by atoms with Crippen LogP contribution in [0.1, 0.15) is 24.3 Å². The van der Waals surface area contributed by atoms with E-state index < -0.39 is 0 Å². The Kier molecular flexibility index (Phi) is 4.99. The molecule has 0 unspecified atom stereocenters. The van der Waals surface area contributed by atoms with Gasteiger partial charge in [-0.3, -0.25) is 0 Å². The normalized spacial score (nSPS) is 10.5. The lowest BCUT2D eigenvalue weighted by Crippen LogP contribution is -2.09. The lowest BCUT2D eigenvalue weighted by molar-refractivity contribution is 1.00. The minimum absolute atomic E-state index is 0.729. The van der Waals surface area contributed by atoms with Gasteiger partial charge < -0.3 is 10.6 Å². The van der Waals surface area contributed by atoms with E-state index in [1.54, 1.807) is 17.7 Å². The predicted molar refractivity (Wildman–Crippen MR) is 82.2 cm³/mol. The number of halogens is 1. The van der Waals surface area contributed by atoms with E-state index in [1.807, 2.05) is 12.1 Å². The molecule has 0 aliphatic rings. The second kappa shape index (κ2) is 6.73. The van der Waals surface area contributed by atoms with Crippen molar-refractivity contribution in [2.45, 2.75) is 26.8 Å². The number of aromatic nitrogens is 2. The van der Waals surface area contributed by atoms with Crippen LogP contribution in [0.15, 0.2) is 18.5 Å². The Morgan fingerprint density at radius 2 is 1.89 bits per heavy atom. The van der Waals surface area contributed by atoms with Crippen molar-refractivity contribution in [3.8, 4) is 0 Å². The van der Waals surface area contributed by atoms with E-state index >= 15 is 0 Å². The zero-order valence-electron chi connectivity index (χ0n) is 11.0. The Morgan fingerprint density at radius 3 is 2.47 bits per heavy atom. The first kappa shape index (κ1) is 14.1. The molecule has 2 rings (SSSR count). The molecule has 2 N–H and O–H groups in total. The van der Waals surface area contributed by atoms with Crippen LogP contribution >= 0.6 is 22.9 Å². The molecule has 0 fully saturated rings. The van der Waals surface area contributed by atoms with Crippen molar-refractivity contribution < 1.29 is 0 Å². The summed E-state index contributed by atoms with van der Waals surface area (Å²) in [6, 6.07) is 3.94. The molecule has 2 aromatic rings. The van der Waals surface area contributed by atoms with E-state index in [1.165, 1.54) is 4.88 Å². The molecule has 0 saturated heterocycles. The maximum atomic E-state index is 5.92. The molecule has 6 heteroatoms. The molecule has 102 valence electrons. The van der Waals surface area contributed by atoms with Crippen LogP contribution in [0.5, 0.6) is 0 Å². The SMILES string of the molecule is CCNc1ncnc(NCc2ccc(Cl)s2)c1CC. The molecule has 0 radical (unpaired) electrons. The molecule has 2 heterocycles. The Balaban J connectivity index is 2.13. The average Bonchev–Trinajstić information content (AvgIpc) is 2.83. The number of hydrogen-bond acceptors (Lipinski definition) is 5. The number of rotatable bonds is 6. The maximum Gasteiger partial charge on any atom is 0.135 e. The van der Waals surface area contributed by atoms with Gasteiger partial charge in [-0.1, -0.05) is 18.5 Å². The van der Waals surface area contributed by atoms with Gasteiger partial charge in [-0.05, 0) is 25.5 Å². The predicted octanol–water partition coefficient (Wildman–Crippen LogP) is 3.80. The molecular weight excluding hydrogens is 280 g/mol. The summed E-state index contributed by atoms with van der Waals surface area (Å²) in [5.74, 6) is 1.80. The molecule has 4 nitrogen and oxygen atoms in total. The zero-order valence-corrected chi connectivity index (χ0v) is 12.6. The topological polar surface area (TPSA) is 49.8 Å². The van der Waals surface area contributed by atoms with E-state index in [4.69, 9.17) is 11.6 Å². The van der Waals surface area contributed by atoms with Crippen molar-refractivity contribution >= 4 is 34.6 Å². The number of nitrogens with zero attached hydrogens (tertiary/aromatic N) is 2. The van der Waals surface area contributed by atoms with Crippen molar-refractivity contribution in [2.24, 2.45) is 0 Å². The van der Waals surface area contributed by atoms with Gasteiger partial charge in [0, 0.05) is 17.0 Å². The highest BCUT2D eigenvalue weighted by molar-refractivity contribution is 7.16.